The fourth-order valence-corrected chi connectivity index (χ4v) is 2.31. The molecule has 2 aromatic carbocycles. The van der Waals surface area contributed by atoms with E-state index >= 15 is 0 Å². The van der Waals surface area contributed by atoms with Crippen molar-refractivity contribution in [2.24, 2.45) is 0 Å². The average molecular weight is 334 g/mol. The van der Waals surface area contributed by atoms with E-state index in [2.05, 4.69) is 4.98 Å². The first-order chi connectivity index (χ1) is 11.4. The highest BCUT2D eigenvalue weighted by atomic mass is 19.4. The second-order valence-electron chi connectivity index (χ2n) is 5.25. The molecule has 0 aliphatic heterocycles. The lowest BCUT2D eigenvalue weighted by atomic mass is 10.2. The van der Waals surface area contributed by atoms with Crippen LogP contribution in [0.1, 0.15) is 5.56 Å². The van der Waals surface area contributed by atoms with Crippen LogP contribution in [0.5, 0.6) is 5.75 Å². The van der Waals surface area contributed by atoms with Gasteiger partial charge in [0.15, 0.2) is 6.61 Å². The quantitative estimate of drug-likeness (QED) is 0.735. The lowest BCUT2D eigenvalue weighted by Crippen LogP contribution is -2.21. The second-order valence-corrected chi connectivity index (χ2v) is 5.25. The Morgan fingerprint density at radius 3 is 2.67 bits per heavy atom. The van der Waals surface area contributed by atoms with E-state index < -0.39 is 12.8 Å². The third-order valence-corrected chi connectivity index (χ3v) is 3.39. The Kier molecular flexibility index (Phi) is 4.24. The number of hydrogen-bond acceptors (Lipinski definition) is 3. The number of fused-ring (bicyclic) bond motifs is 1. The van der Waals surface area contributed by atoms with Crippen molar-refractivity contribution in [3.63, 3.8) is 0 Å². The number of halogens is 3. The van der Waals surface area contributed by atoms with Crippen molar-refractivity contribution < 1.29 is 17.9 Å². The summed E-state index contributed by atoms with van der Waals surface area (Å²) in [6, 6.07) is 13.2. The normalized spacial score (nSPS) is 11.6. The topological polar surface area (TPSA) is 44.1 Å². The molecule has 0 aliphatic rings. The maximum absolute atomic E-state index is 12.4. The van der Waals surface area contributed by atoms with Crippen LogP contribution in [0.4, 0.5) is 13.2 Å². The summed E-state index contributed by atoms with van der Waals surface area (Å²) in [5.41, 5.74) is 1.04. The molecule has 0 saturated carbocycles. The molecule has 124 valence electrons. The summed E-state index contributed by atoms with van der Waals surface area (Å²) >= 11 is 0. The lowest BCUT2D eigenvalue weighted by molar-refractivity contribution is -0.153. The van der Waals surface area contributed by atoms with E-state index in [1.54, 1.807) is 36.4 Å². The van der Waals surface area contributed by atoms with E-state index in [1.165, 1.54) is 23.0 Å². The Labute approximate surface area is 135 Å². The molecule has 0 atom stereocenters. The van der Waals surface area contributed by atoms with Gasteiger partial charge in [0.1, 0.15) is 5.75 Å². The Hall–Kier alpha value is -2.83. The standard InChI is InChI=1S/C17H13F3N2O2/c18-17(19,20)10-24-13-5-3-4-12(8-13)9-22-11-21-15-7-2-1-6-14(15)16(22)23/h1-8,11H,9-10H2. The first-order valence-corrected chi connectivity index (χ1v) is 7.15. The van der Waals surface area contributed by atoms with Crippen molar-refractivity contribution in [3.8, 4) is 5.75 Å². The van der Waals surface area contributed by atoms with Crippen LogP contribution >= 0.6 is 0 Å². The Morgan fingerprint density at radius 2 is 1.88 bits per heavy atom. The van der Waals surface area contributed by atoms with Crippen molar-refractivity contribution in [3.05, 3.63) is 70.8 Å². The van der Waals surface area contributed by atoms with Gasteiger partial charge in [-0.15, -0.1) is 0 Å². The summed E-state index contributed by atoms with van der Waals surface area (Å²) in [6.07, 6.45) is -2.97. The largest absolute Gasteiger partial charge is 0.484 e. The lowest BCUT2D eigenvalue weighted by Gasteiger charge is -2.11. The van der Waals surface area contributed by atoms with Crippen LogP contribution in [-0.2, 0) is 6.54 Å². The minimum atomic E-state index is -4.39. The molecule has 3 aromatic rings. The van der Waals surface area contributed by atoms with Gasteiger partial charge in [0.2, 0.25) is 0 Å². The van der Waals surface area contributed by atoms with Gasteiger partial charge in [-0.25, -0.2) is 4.98 Å². The Bertz CT molecular complexity index is 919. The molecule has 0 aliphatic carbocycles. The van der Waals surface area contributed by atoms with E-state index in [4.69, 9.17) is 4.74 Å². The van der Waals surface area contributed by atoms with Crippen molar-refractivity contribution in [2.75, 3.05) is 6.61 Å². The number of para-hydroxylation sites is 1. The van der Waals surface area contributed by atoms with Gasteiger partial charge in [0.05, 0.1) is 23.8 Å². The molecular weight excluding hydrogens is 321 g/mol. The van der Waals surface area contributed by atoms with Gasteiger partial charge in [-0.2, -0.15) is 13.2 Å². The molecule has 0 unspecified atom stereocenters. The summed E-state index contributed by atoms with van der Waals surface area (Å²) in [5, 5.41) is 0.490. The number of hydrogen-bond donors (Lipinski definition) is 0. The van der Waals surface area contributed by atoms with Gasteiger partial charge >= 0.3 is 6.18 Å². The fraction of sp³-hybridized carbons (Fsp3) is 0.176. The van der Waals surface area contributed by atoms with Crippen LogP contribution in [-0.4, -0.2) is 22.3 Å². The van der Waals surface area contributed by atoms with Crippen molar-refractivity contribution in [1.82, 2.24) is 9.55 Å². The van der Waals surface area contributed by atoms with E-state index in [0.717, 1.165) is 0 Å². The number of rotatable bonds is 4. The highest BCUT2D eigenvalue weighted by Gasteiger charge is 2.28. The zero-order valence-electron chi connectivity index (χ0n) is 12.5. The summed E-state index contributed by atoms with van der Waals surface area (Å²) < 4.78 is 42.8. The monoisotopic (exact) mass is 334 g/mol. The van der Waals surface area contributed by atoms with Gasteiger partial charge in [0, 0.05) is 0 Å². The first kappa shape index (κ1) is 16.0. The third kappa shape index (κ3) is 3.73. The summed E-state index contributed by atoms with van der Waals surface area (Å²) in [5.74, 6) is 0.103. The summed E-state index contributed by atoms with van der Waals surface area (Å²) in [6.45, 7) is -1.16. The maximum atomic E-state index is 12.4. The maximum Gasteiger partial charge on any atom is 0.422 e. The molecule has 1 heterocycles. The average Bonchev–Trinajstić information content (AvgIpc) is 2.56. The molecule has 0 N–H and O–H groups in total. The molecule has 0 fully saturated rings. The smallest absolute Gasteiger partial charge is 0.422 e. The van der Waals surface area contributed by atoms with Crippen LogP contribution < -0.4 is 10.3 Å². The molecule has 0 radical (unpaired) electrons. The number of aromatic nitrogens is 2. The number of alkyl halides is 3. The zero-order valence-corrected chi connectivity index (χ0v) is 12.5. The second kappa shape index (κ2) is 6.35. The van der Waals surface area contributed by atoms with Crippen LogP contribution in [0.25, 0.3) is 10.9 Å². The number of benzene rings is 2. The van der Waals surface area contributed by atoms with Gasteiger partial charge < -0.3 is 4.74 Å². The Balaban J connectivity index is 1.84. The van der Waals surface area contributed by atoms with Crippen LogP contribution in [0.3, 0.4) is 0 Å². The predicted molar refractivity (Wildman–Crippen MR) is 83.1 cm³/mol. The number of nitrogens with zero attached hydrogens (tertiary/aromatic N) is 2. The summed E-state index contributed by atoms with van der Waals surface area (Å²) in [4.78, 5) is 16.6. The van der Waals surface area contributed by atoms with Gasteiger partial charge in [0.25, 0.3) is 5.56 Å². The van der Waals surface area contributed by atoms with E-state index in [9.17, 15) is 18.0 Å². The molecule has 1 aromatic heterocycles. The molecule has 4 nitrogen and oxygen atoms in total. The molecule has 3 rings (SSSR count). The molecule has 24 heavy (non-hydrogen) atoms. The Morgan fingerprint density at radius 1 is 1.08 bits per heavy atom. The molecule has 0 bridgehead atoms. The van der Waals surface area contributed by atoms with Crippen LogP contribution in [0.2, 0.25) is 0 Å². The first-order valence-electron chi connectivity index (χ1n) is 7.15. The molecule has 0 spiro atoms. The molecule has 0 amide bonds. The minimum Gasteiger partial charge on any atom is -0.484 e. The number of ether oxygens (including phenoxy) is 1. The molecular formula is C17H13F3N2O2. The van der Waals surface area contributed by atoms with Gasteiger partial charge in [-0.3, -0.25) is 9.36 Å². The van der Waals surface area contributed by atoms with Crippen molar-refractivity contribution in [2.45, 2.75) is 12.7 Å². The third-order valence-electron chi connectivity index (χ3n) is 3.39. The fourth-order valence-electron chi connectivity index (χ4n) is 2.31. The highest BCUT2D eigenvalue weighted by molar-refractivity contribution is 5.76. The molecule has 0 saturated heterocycles. The zero-order chi connectivity index (χ0) is 17.2. The van der Waals surface area contributed by atoms with Crippen molar-refractivity contribution in [1.29, 1.82) is 0 Å². The molecule has 7 heteroatoms. The van der Waals surface area contributed by atoms with Crippen LogP contribution in [0.15, 0.2) is 59.7 Å². The van der Waals surface area contributed by atoms with Gasteiger partial charge in [-0.1, -0.05) is 24.3 Å². The SMILES string of the molecule is O=c1c2ccccc2ncn1Cc1cccc(OCC(F)(F)F)c1. The minimum absolute atomic E-state index is 0.103. The van der Waals surface area contributed by atoms with E-state index in [0.29, 0.717) is 16.5 Å². The van der Waals surface area contributed by atoms with E-state index in [1.807, 2.05) is 0 Å². The van der Waals surface area contributed by atoms with Gasteiger partial charge in [-0.05, 0) is 29.8 Å². The predicted octanol–water partition coefficient (Wildman–Crippen LogP) is 3.39. The van der Waals surface area contributed by atoms with Crippen molar-refractivity contribution >= 4 is 10.9 Å². The van der Waals surface area contributed by atoms with Crippen LogP contribution in [0, 0.1) is 0 Å². The highest BCUT2D eigenvalue weighted by Crippen LogP contribution is 2.19. The van der Waals surface area contributed by atoms with E-state index in [-0.39, 0.29) is 17.9 Å². The summed E-state index contributed by atoms with van der Waals surface area (Å²) in [7, 11) is 0.